The number of nitrogens with zero attached hydrogens (tertiary/aromatic N) is 2. The van der Waals surface area contributed by atoms with E-state index in [0.717, 1.165) is 25.9 Å². The van der Waals surface area contributed by atoms with Gasteiger partial charge in [0.05, 0.1) is 12.1 Å². The van der Waals surface area contributed by atoms with Gasteiger partial charge in [0, 0.05) is 38.9 Å². The molecular formula is C19H23N3O4. The van der Waals surface area contributed by atoms with Gasteiger partial charge in [-0.25, -0.2) is 0 Å². The molecule has 3 heterocycles. The van der Waals surface area contributed by atoms with Crippen LogP contribution in [0.5, 0.6) is 5.75 Å². The van der Waals surface area contributed by atoms with Crippen LogP contribution in [0.15, 0.2) is 24.3 Å². The lowest BCUT2D eigenvalue weighted by atomic mass is 10.0. The van der Waals surface area contributed by atoms with Gasteiger partial charge in [-0.1, -0.05) is 12.1 Å². The fourth-order valence-electron chi connectivity index (χ4n) is 3.91. The molecule has 1 atom stereocenters. The lowest BCUT2D eigenvalue weighted by Gasteiger charge is -2.38. The van der Waals surface area contributed by atoms with Crippen LogP contribution >= 0.6 is 0 Å². The van der Waals surface area contributed by atoms with E-state index < -0.39 is 5.72 Å². The van der Waals surface area contributed by atoms with E-state index >= 15 is 0 Å². The summed E-state index contributed by atoms with van der Waals surface area (Å²) >= 11 is 0. The van der Waals surface area contributed by atoms with Crippen molar-refractivity contribution in [1.29, 1.82) is 0 Å². The van der Waals surface area contributed by atoms with Crippen LogP contribution in [-0.4, -0.2) is 59.4 Å². The number of carbonyl (C=O) groups is 3. The maximum absolute atomic E-state index is 12.5. The molecule has 2 saturated heterocycles. The van der Waals surface area contributed by atoms with Crippen LogP contribution in [0.2, 0.25) is 0 Å². The Morgan fingerprint density at radius 3 is 2.69 bits per heavy atom. The van der Waals surface area contributed by atoms with Gasteiger partial charge in [-0.15, -0.1) is 0 Å². The smallest absolute Gasteiger partial charge is 0.258 e. The van der Waals surface area contributed by atoms with E-state index in [1.807, 2.05) is 11.0 Å². The molecule has 3 aliphatic heterocycles. The van der Waals surface area contributed by atoms with E-state index in [1.165, 1.54) is 0 Å². The normalized spacial score (nSPS) is 25.5. The van der Waals surface area contributed by atoms with Gasteiger partial charge in [-0.05, 0) is 25.0 Å². The molecule has 1 N–H and O–H groups in total. The first-order valence-electron chi connectivity index (χ1n) is 9.22. The van der Waals surface area contributed by atoms with Crippen molar-refractivity contribution in [3.63, 3.8) is 0 Å². The second-order valence-corrected chi connectivity index (χ2v) is 7.20. The number of fused-ring (bicyclic) bond motifs is 1. The SMILES string of the molecule is O=C1N[C@]2(CCC(=O)N(CC(=O)N3CCCC3)CC2)Oc2ccccc21. The second-order valence-electron chi connectivity index (χ2n) is 7.20. The number of hydrogen-bond acceptors (Lipinski definition) is 4. The third-order valence-electron chi connectivity index (χ3n) is 5.44. The lowest BCUT2D eigenvalue weighted by Crippen LogP contribution is -2.56. The zero-order chi connectivity index (χ0) is 18.1. The standard InChI is InChI=1S/C19H23N3O4/c23-16-7-8-19(20-18(25)14-5-1-2-6-15(14)26-19)9-12-22(16)13-17(24)21-10-3-4-11-21/h1-2,5-6H,3-4,7-13H2,(H,20,25)/t19-/m1/s1. The first kappa shape index (κ1) is 16.9. The molecule has 0 saturated carbocycles. The van der Waals surface area contributed by atoms with Crippen LogP contribution in [0.25, 0.3) is 0 Å². The van der Waals surface area contributed by atoms with Gasteiger partial charge >= 0.3 is 0 Å². The summed E-state index contributed by atoms with van der Waals surface area (Å²) < 4.78 is 6.11. The van der Waals surface area contributed by atoms with Crippen molar-refractivity contribution in [3.05, 3.63) is 29.8 Å². The fraction of sp³-hybridized carbons (Fsp3) is 0.526. The van der Waals surface area contributed by atoms with Gasteiger partial charge in [0.25, 0.3) is 5.91 Å². The fourth-order valence-corrected chi connectivity index (χ4v) is 3.91. The van der Waals surface area contributed by atoms with E-state index in [0.29, 0.717) is 30.7 Å². The molecule has 2 fully saturated rings. The molecule has 1 aromatic carbocycles. The van der Waals surface area contributed by atoms with Crippen LogP contribution in [0.3, 0.4) is 0 Å². The molecule has 4 rings (SSSR count). The molecule has 7 nitrogen and oxygen atoms in total. The minimum Gasteiger partial charge on any atom is -0.467 e. The molecule has 3 aliphatic rings. The first-order chi connectivity index (χ1) is 12.6. The van der Waals surface area contributed by atoms with E-state index in [9.17, 15) is 14.4 Å². The van der Waals surface area contributed by atoms with Crippen LogP contribution < -0.4 is 10.1 Å². The number of amides is 3. The highest BCUT2D eigenvalue weighted by molar-refractivity contribution is 5.98. The number of para-hydroxylation sites is 1. The van der Waals surface area contributed by atoms with Crippen molar-refractivity contribution >= 4 is 17.7 Å². The van der Waals surface area contributed by atoms with E-state index in [-0.39, 0.29) is 30.7 Å². The Kier molecular flexibility index (Phi) is 4.30. The summed E-state index contributed by atoms with van der Waals surface area (Å²) in [6.45, 7) is 2.06. The summed E-state index contributed by atoms with van der Waals surface area (Å²) in [5.41, 5.74) is -0.373. The highest BCUT2D eigenvalue weighted by atomic mass is 16.5. The minimum absolute atomic E-state index is 0.00532. The van der Waals surface area contributed by atoms with Crippen LogP contribution in [0, 0.1) is 0 Å². The highest BCUT2D eigenvalue weighted by Gasteiger charge is 2.42. The van der Waals surface area contributed by atoms with Gasteiger partial charge in [0.1, 0.15) is 5.75 Å². The van der Waals surface area contributed by atoms with Crippen molar-refractivity contribution in [1.82, 2.24) is 15.1 Å². The quantitative estimate of drug-likeness (QED) is 0.861. The van der Waals surface area contributed by atoms with E-state index in [2.05, 4.69) is 5.32 Å². The number of carbonyl (C=O) groups excluding carboxylic acids is 3. The predicted octanol–water partition coefficient (Wildman–Crippen LogP) is 1.14. The van der Waals surface area contributed by atoms with E-state index in [4.69, 9.17) is 4.74 Å². The summed E-state index contributed by atoms with van der Waals surface area (Å²) in [4.78, 5) is 40.8. The van der Waals surface area contributed by atoms with Crippen molar-refractivity contribution in [2.75, 3.05) is 26.2 Å². The molecule has 0 aliphatic carbocycles. The molecule has 1 aromatic rings. The van der Waals surface area contributed by atoms with Crippen molar-refractivity contribution in [3.8, 4) is 5.75 Å². The number of rotatable bonds is 2. The maximum Gasteiger partial charge on any atom is 0.258 e. The van der Waals surface area contributed by atoms with Crippen molar-refractivity contribution in [2.45, 2.75) is 37.8 Å². The Labute approximate surface area is 152 Å². The molecule has 0 aromatic heterocycles. The van der Waals surface area contributed by atoms with Crippen molar-refractivity contribution in [2.24, 2.45) is 0 Å². The number of likely N-dealkylation sites (tertiary alicyclic amines) is 2. The largest absolute Gasteiger partial charge is 0.467 e. The predicted molar refractivity (Wildman–Crippen MR) is 93.5 cm³/mol. The average Bonchev–Trinajstić information content (AvgIpc) is 3.14. The number of nitrogens with one attached hydrogen (secondary N) is 1. The molecule has 3 amide bonds. The topological polar surface area (TPSA) is 79.0 Å². The molecule has 138 valence electrons. The van der Waals surface area contributed by atoms with Gasteiger partial charge in [-0.3, -0.25) is 14.4 Å². The molecule has 1 spiro atoms. The Morgan fingerprint density at radius 2 is 1.88 bits per heavy atom. The maximum atomic E-state index is 12.5. The summed E-state index contributed by atoms with van der Waals surface area (Å²) in [5, 5.41) is 2.94. The monoisotopic (exact) mass is 357 g/mol. The van der Waals surface area contributed by atoms with Crippen LogP contribution in [-0.2, 0) is 9.59 Å². The second kappa shape index (κ2) is 6.63. The van der Waals surface area contributed by atoms with E-state index in [1.54, 1.807) is 23.1 Å². The summed E-state index contributed by atoms with van der Waals surface area (Å²) in [6.07, 6.45) is 3.17. The highest BCUT2D eigenvalue weighted by Crippen LogP contribution is 2.33. The Balaban J connectivity index is 1.46. The first-order valence-corrected chi connectivity index (χ1v) is 9.22. The molecular weight excluding hydrogens is 334 g/mol. The van der Waals surface area contributed by atoms with Gasteiger partial charge in [0.2, 0.25) is 11.8 Å². The zero-order valence-electron chi connectivity index (χ0n) is 14.7. The van der Waals surface area contributed by atoms with Gasteiger partial charge < -0.3 is 19.9 Å². The number of ether oxygens (including phenoxy) is 1. The summed E-state index contributed by atoms with van der Waals surface area (Å²) in [5.74, 6) is 0.308. The minimum atomic E-state index is -0.882. The molecule has 0 radical (unpaired) electrons. The third-order valence-corrected chi connectivity index (χ3v) is 5.44. The molecule has 7 heteroatoms. The summed E-state index contributed by atoms with van der Waals surface area (Å²) in [7, 11) is 0. The number of benzene rings is 1. The van der Waals surface area contributed by atoms with Gasteiger partial charge in [-0.2, -0.15) is 0 Å². The number of hydrogen-bond donors (Lipinski definition) is 1. The van der Waals surface area contributed by atoms with Crippen LogP contribution in [0.1, 0.15) is 42.5 Å². The Morgan fingerprint density at radius 1 is 1.12 bits per heavy atom. The lowest BCUT2D eigenvalue weighted by molar-refractivity contribution is -0.139. The summed E-state index contributed by atoms with van der Waals surface area (Å²) in [6, 6.07) is 7.12. The molecule has 0 bridgehead atoms. The van der Waals surface area contributed by atoms with Crippen LogP contribution in [0.4, 0.5) is 0 Å². The van der Waals surface area contributed by atoms with Crippen molar-refractivity contribution < 1.29 is 19.1 Å². The Bertz CT molecular complexity index is 744. The average molecular weight is 357 g/mol. The zero-order valence-corrected chi connectivity index (χ0v) is 14.7. The van der Waals surface area contributed by atoms with Gasteiger partial charge in [0.15, 0.2) is 5.72 Å². The molecule has 26 heavy (non-hydrogen) atoms. The third kappa shape index (κ3) is 3.13. The molecule has 0 unspecified atom stereocenters. The Hall–Kier alpha value is -2.57.